The zero-order chi connectivity index (χ0) is 13.9. The maximum atomic E-state index is 11.6. The van der Waals surface area contributed by atoms with Crippen LogP contribution < -0.4 is 10.0 Å². The largest absolute Gasteiger partial charge is 0.309 e. The average Bonchev–Trinajstić information content (AvgIpc) is 2.71. The van der Waals surface area contributed by atoms with E-state index < -0.39 is 10.0 Å². The summed E-state index contributed by atoms with van der Waals surface area (Å²) in [6.07, 6.45) is 2.13. The van der Waals surface area contributed by atoms with Gasteiger partial charge < -0.3 is 5.32 Å². The number of hydrogen-bond acceptors (Lipinski definition) is 3. The molecule has 0 saturated heterocycles. The highest BCUT2D eigenvalue weighted by Crippen LogP contribution is 2.31. The first-order valence-electron chi connectivity index (χ1n) is 6.82. The molecule has 0 aliphatic heterocycles. The third kappa shape index (κ3) is 3.78. The second-order valence-electron chi connectivity index (χ2n) is 5.06. The molecule has 1 aromatic rings. The lowest BCUT2D eigenvalue weighted by Crippen LogP contribution is -2.32. The number of sulfonamides is 1. The molecular weight excluding hydrogens is 260 g/mol. The summed E-state index contributed by atoms with van der Waals surface area (Å²) in [5.41, 5.74) is 3.98. The lowest BCUT2D eigenvalue weighted by Gasteiger charge is -2.14. The highest BCUT2D eigenvalue weighted by Gasteiger charge is 2.22. The van der Waals surface area contributed by atoms with Crippen molar-refractivity contribution in [3.63, 3.8) is 0 Å². The van der Waals surface area contributed by atoms with Crippen molar-refractivity contribution in [1.29, 1.82) is 0 Å². The molecule has 0 spiro atoms. The van der Waals surface area contributed by atoms with Crippen LogP contribution >= 0.6 is 0 Å². The van der Waals surface area contributed by atoms with Gasteiger partial charge in [0.15, 0.2) is 0 Å². The molecule has 2 N–H and O–H groups in total. The van der Waals surface area contributed by atoms with Crippen LogP contribution in [0.4, 0.5) is 0 Å². The van der Waals surface area contributed by atoms with Crippen LogP contribution in [-0.4, -0.2) is 27.3 Å². The molecule has 0 radical (unpaired) electrons. The molecular formula is C14H22N2O2S. The zero-order valence-corrected chi connectivity index (χ0v) is 12.4. The van der Waals surface area contributed by atoms with Crippen molar-refractivity contribution in [1.82, 2.24) is 10.0 Å². The van der Waals surface area contributed by atoms with Crippen molar-refractivity contribution in [2.24, 2.45) is 0 Å². The smallest absolute Gasteiger partial charge is 0.212 e. The Bertz CT molecular complexity index is 540. The van der Waals surface area contributed by atoms with Crippen molar-refractivity contribution < 1.29 is 8.42 Å². The third-order valence-corrected chi connectivity index (χ3v) is 4.98. The summed E-state index contributed by atoms with van der Waals surface area (Å²) >= 11 is 0. The van der Waals surface area contributed by atoms with Gasteiger partial charge in [0.1, 0.15) is 0 Å². The van der Waals surface area contributed by atoms with Crippen molar-refractivity contribution in [2.75, 3.05) is 18.8 Å². The average molecular weight is 282 g/mol. The van der Waals surface area contributed by atoms with Gasteiger partial charge >= 0.3 is 0 Å². The van der Waals surface area contributed by atoms with Crippen LogP contribution in [0.5, 0.6) is 0 Å². The maximum Gasteiger partial charge on any atom is 0.212 e. The summed E-state index contributed by atoms with van der Waals surface area (Å²) in [6, 6.07) is 6.82. The molecule has 0 amide bonds. The van der Waals surface area contributed by atoms with Crippen LogP contribution in [0.2, 0.25) is 0 Å². The van der Waals surface area contributed by atoms with Crippen LogP contribution in [0.1, 0.15) is 36.1 Å². The normalized spacial score (nSPS) is 18.5. The minimum absolute atomic E-state index is 0.137. The van der Waals surface area contributed by atoms with E-state index in [1.54, 1.807) is 6.92 Å². The lowest BCUT2D eigenvalue weighted by molar-refractivity contribution is 0.538. The van der Waals surface area contributed by atoms with E-state index in [1.807, 2.05) is 0 Å². The molecule has 0 bridgehead atoms. The molecule has 0 saturated carbocycles. The fraction of sp³-hybridized carbons (Fsp3) is 0.571. The number of benzene rings is 1. The first kappa shape index (κ1) is 14.5. The fourth-order valence-electron chi connectivity index (χ4n) is 2.59. The number of nitrogens with one attached hydrogen (secondary N) is 2. The fourth-order valence-corrected chi connectivity index (χ4v) is 3.56. The van der Waals surface area contributed by atoms with Crippen LogP contribution in [0.25, 0.3) is 0 Å². The molecule has 0 heterocycles. The van der Waals surface area contributed by atoms with E-state index in [9.17, 15) is 8.42 Å². The van der Waals surface area contributed by atoms with Crippen molar-refractivity contribution in [2.45, 2.75) is 32.7 Å². The van der Waals surface area contributed by atoms with Crippen LogP contribution in [0, 0.1) is 6.92 Å². The van der Waals surface area contributed by atoms with Gasteiger partial charge in [-0.25, -0.2) is 13.1 Å². The van der Waals surface area contributed by atoms with Crippen molar-refractivity contribution in [3.8, 4) is 0 Å². The third-order valence-electron chi connectivity index (χ3n) is 3.50. The summed E-state index contributed by atoms with van der Waals surface area (Å²) in [5, 5.41) is 3.36. The predicted molar refractivity (Wildman–Crippen MR) is 77.7 cm³/mol. The molecule has 19 heavy (non-hydrogen) atoms. The van der Waals surface area contributed by atoms with E-state index in [1.165, 1.54) is 16.7 Å². The van der Waals surface area contributed by atoms with Gasteiger partial charge in [-0.1, -0.05) is 30.7 Å². The molecule has 2 rings (SSSR count). The Kier molecular flexibility index (Phi) is 4.60. The van der Waals surface area contributed by atoms with Crippen LogP contribution in [-0.2, 0) is 16.4 Å². The van der Waals surface area contributed by atoms with Crippen LogP contribution in [0.15, 0.2) is 18.2 Å². The Morgan fingerprint density at radius 2 is 2.16 bits per heavy atom. The van der Waals surface area contributed by atoms with Gasteiger partial charge in [-0.2, -0.15) is 0 Å². The van der Waals surface area contributed by atoms with E-state index in [-0.39, 0.29) is 5.75 Å². The Hall–Kier alpha value is -0.910. The van der Waals surface area contributed by atoms with Gasteiger partial charge in [0.2, 0.25) is 10.0 Å². The van der Waals surface area contributed by atoms with Gasteiger partial charge in [-0.15, -0.1) is 0 Å². The van der Waals surface area contributed by atoms with E-state index in [2.05, 4.69) is 35.2 Å². The number of aryl methyl sites for hydroxylation is 2. The summed E-state index contributed by atoms with van der Waals surface area (Å²) in [6.45, 7) is 4.83. The van der Waals surface area contributed by atoms with Crippen molar-refractivity contribution >= 4 is 10.0 Å². The molecule has 1 aromatic carbocycles. The summed E-state index contributed by atoms with van der Waals surface area (Å²) < 4.78 is 25.6. The monoisotopic (exact) mass is 282 g/mol. The second-order valence-corrected chi connectivity index (χ2v) is 6.99. The highest BCUT2D eigenvalue weighted by molar-refractivity contribution is 7.89. The summed E-state index contributed by atoms with van der Waals surface area (Å²) in [5.74, 6) is 0.137. The minimum Gasteiger partial charge on any atom is -0.309 e. The van der Waals surface area contributed by atoms with E-state index >= 15 is 0 Å². The first-order valence-corrected chi connectivity index (χ1v) is 8.47. The predicted octanol–water partition coefficient (Wildman–Crippen LogP) is 1.51. The Morgan fingerprint density at radius 3 is 2.89 bits per heavy atom. The first-order chi connectivity index (χ1) is 9.02. The Balaban J connectivity index is 1.91. The molecule has 5 heteroatoms. The molecule has 1 aliphatic carbocycles. The maximum absolute atomic E-state index is 11.6. The van der Waals surface area contributed by atoms with Gasteiger partial charge in [0, 0.05) is 19.1 Å². The van der Waals surface area contributed by atoms with Gasteiger partial charge in [0.05, 0.1) is 5.75 Å². The van der Waals surface area contributed by atoms with E-state index in [0.29, 0.717) is 19.1 Å². The Morgan fingerprint density at radius 1 is 1.37 bits per heavy atom. The molecule has 106 valence electrons. The molecule has 0 aromatic heterocycles. The standard InChI is InChI=1S/C14H22N2O2S/c1-3-16-19(17,18)9-8-15-14-7-6-12-5-4-11(2)10-13(12)14/h4-5,10,14-16H,3,6-9H2,1-2H3. The van der Waals surface area contributed by atoms with E-state index in [0.717, 1.165) is 12.8 Å². The van der Waals surface area contributed by atoms with Gasteiger partial charge in [-0.05, 0) is 30.9 Å². The topological polar surface area (TPSA) is 58.2 Å². The molecule has 4 nitrogen and oxygen atoms in total. The summed E-state index contributed by atoms with van der Waals surface area (Å²) in [4.78, 5) is 0. The quantitative estimate of drug-likeness (QED) is 0.831. The number of rotatable bonds is 6. The second kappa shape index (κ2) is 6.03. The number of hydrogen-bond donors (Lipinski definition) is 2. The Labute approximate surface area is 115 Å². The highest BCUT2D eigenvalue weighted by atomic mass is 32.2. The van der Waals surface area contributed by atoms with Crippen molar-refractivity contribution in [3.05, 3.63) is 34.9 Å². The molecule has 1 unspecified atom stereocenters. The molecule has 0 fully saturated rings. The molecule has 1 aliphatic rings. The molecule has 1 atom stereocenters. The van der Waals surface area contributed by atoms with Gasteiger partial charge in [0.25, 0.3) is 0 Å². The number of fused-ring (bicyclic) bond motifs is 1. The minimum atomic E-state index is -3.12. The lowest BCUT2D eigenvalue weighted by atomic mass is 10.1. The zero-order valence-electron chi connectivity index (χ0n) is 11.6. The SMILES string of the molecule is CCNS(=O)(=O)CCNC1CCc2ccc(C)cc21. The van der Waals surface area contributed by atoms with E-state index in [4.69, 9.17) is 0 Å². The van der Waals surface area contributed by atoms with Crippen LogP contribution in [0.3, 0.4) is 0 Å². The van der Waals surface area contributed by atoms with Gasteiger partial charge in [-0.3, -0.25) is 0 Å². The summed E-state index contributed by atoms with van der Waals surface area (Å²) in [7, 11) is -3.12.